The van der Waals surface area contributed by atoms with E-state index in [-0.39, 0.29) is 27.9 Å². The lowest BCUT2D eigenvalue weighted by Gasteiger charge is -2.15. The largest absolute Gasteiger partial charge is 0.452 e. The van der Waals surface area contributed by atoms with E-state index in [4.69, 9.17) is 16.3 Å². The number of halogens is 1. The van der Waals surface area contributed by atoms with E-state index < -0.39 is 23.4 Å². The number of amides is 2. The highest BCUT2D eigenvalue weighted by Gasteiger charge is 2.22. The van der Waals surface area contributed by atoms with Crippen LogP contribution in [0.5, 0.6) is 0 Å². The van der Waals surface area contributed by atoms with Crippen LogP contribution in [0.25, 0.3) is 0 Å². The van der Waals surface area contributed by atoms with Gasteiger partial charge in [-0.15, -0.1) is 0 Å². The summed E-state index contributed by atoms with van der Waals surface area (Å²) in [5.74, 6) is -1.32. The Morgan fingerprint density at radius 1 is 1.21 bits per heavy atom. The summed E-state index contributed by atoms with van der Waals surface area (Å²) in [5.41, 5.74) is 0.737. The topological polar surface area (TPSA) is 119 Å². The van der Waals surface area contributed by atoms with Gasteiger partial charge in [-0.05, 0) is 42.8 Å². The molecular weight excluding hydrogens is 402 g/mol. The predicted molar refractivity (Wildman–Crippen MR) is 105 cm³/mol. The zero-order valence-electron chi connectivity index (χ0n) is 15.1. The van der Waals surface area contributed by atoms with Gasteiger partial charge in [0.1, 0.15) is 5.02 Å². The molecule has 0 bridgehead atoms. The highest BCUT2D eigenvalue weighted by atomic mass is 35.5. The predicted octanol–water partition coefficient (Wildman–Crippen LogP) is 3.17. The molecule has 1 saturated heterocycles. The Hall–Kier alpha value is -3.46. The average Bonchev–Trinajstić information content (AvgIpc) is 3.13. The van der Waals surface area contributed by atoms with Gasteiger partial charge in [0.25, 0.3) is 11.6 Å². The highest BCUT2D eigenvalue weighted by molar-refractivity contribution is 6.32. The molecule has 0 atom stereocenters. The van der Waals surface area contributed by atoms with Crippen molar-refractivity contribution in [2.75, 3.05) is 23.4 Å². The molecule has 3 rings (SSSR count). The molecule has 29 heavy (non-hydrogen) atoms. The van der Waals surface area contributed by atoms with Crippen molar-refractivity contribution >= 4 is 46.4 Å². The molecule has 2 aromatic rings. The van der Waals surface area contributed by atoms with E-state index in [0.717, 1.165) is 12.5 Å². The number of nitrogens with one attached hydrogen (secondary N) is 1. The summed E-state index contributed by atoms with van der Waals surface area (Å²) in [6.45, 7) is 0.0767. The molecule has 1 N–H and O–H groups in total. The summed E-state index contributed by atoms with van der Waals surface area (Å²) in [7, 11) is 0. The summed E-state index contributed by atoms with van der Waals surface area (Å²) in [5, 5.41) is 13.2. The van der Waals surface area contributed by atoms with E-state index in [1.807, 2.05) is 0 Å². The fourth-order valence-electron chi connectivity index (χ4n) is 2.84. The van der Waals surface area contributed by atoms with Crippen LogP contribution in [0.15, 0.2) is 42.5 Å². The third kappa shape index (κ3) is 4.88. The number of nitro benzene ring substituents is 1. The second-order valence-corrected chi connectivity index (χ2v) is 6.65. The van der Waals surface area contributed by atoms with E-state index in [0.29, 0.717) is 18.7 Å². The fourth-order valence-corrected chi connectivity index (χ4v) is 3.03. The van der Waals surface area contributed by atoms with Crippen LogP contribution < -0.4 is 10.2 Å². The number of nitro groups is 1. The lowest BCUT2D eigenvalue weighted by atomic mass is 10.2. The first-order valence-corrected chi connectivity index (χ1v) is 9.04. The third-order valence-corrected chi connectivity index (χ3v) is 4.57. The van der Waals surface area contributed by atoms with Gasteiger partial charge in [0.05, 0.1) is 10.5 Å². The monoisotopic (exact) mass is 417 g/mol. The second kappa shape index (κ2) is 8.70. The molecule has 1 heterocycles. The van der Waals surface area contributed by atoms with Crippen molar-refractivity contribution in [2.45, 2.75) is 12.8 Å². The van der Waals surface area contributed by atoms with Crippen LogP contribution in [0.3, 0.4) is 0 Å². The molecule has 0 spiro atoms. The first-order chi connectivity index (χ1) is 13.8. The van der Waals surface area contributed by atoms with Crippen molar-refractivity contribution in [3.05, 3.63) is 63.2 Å². The molecule has 1 aliphatic rings. The van der Waals surface area contributed by atoms with Gasteiger partial charge in [-0.3, -0.25) is 19.7 Å². The molecule has 9 nitrogen and oxygen atoms in total. The van der Waals surface area contributed by atoms with E-state index in [2.05, 4.69) is 5.32 Å². The zero-order valence-corrected chi connectivity index (χ0v) is 15.8. The minimum atomic E-state index is -0.707. The molecule has 2 aromatic carbocycles. The Morgan fingerprint density at radius 3 is 2.55 bits per heavy atom. The fraction of sp³-hybridized carbons (Fsp3) is 0.211. The zero-order chi connectivity index (χ0) is 21.0. The van der Waals surface area contributed by atoms with Gasteiger partial charge in [0.2, 0.25) is 5.91 Å². The number of benzene rings is 2. The van der Waals surface area contributed by atoms with Crippen molar-refractivity contribution < 1.29 is 24.0 Å². The van der Waals surface area contributed by atoms with Crippen molar-refractivity contribution in [3.8, 4) is 0 Å². The highest BCUT2D eigenvalue weighted by Crippen LogP contribution is 2.27. The molecule has 1 fully saturated rings. The second-order valence-electron chi connectivity index (χ2n) is 6.24. The van der Waals surface area contributed by atoms with Crippen LogP contribution in [-0.4, -0.2) is 35.9 Å². The third-order valence-electron chi connectivity index (χ3n) is 4.25. The maximum Gasteiger partial charge on any atom is 0.338 e. The van der Waals surface area contributed by atoms with Crippen molar-refractivity contribution in [1.29, 1.82) is 0 Å². The minimum Gasteiger partial charge on any atom is -0.452 e. The Balaban J connectivity index is 1.55. The van der Waals surface area contributed by atoms with E-state index >= 15 is 0 Å². The molecule has 150 valence electrons. The number of rotatable bonds is 6. The Labute approximate surface area is 170 Å². The average molecular weight is 418 g/mol. The molecule has 0 radical (unpaired) electrons. The Bertz CT molecular complexity index is 976. The van der Waals surface area contributed by atoms with Gasteiger partial charge in [-0.25, -0.2) is 4.79 Å². The van der Waals surface area contributed by atoms with Crippen LogP contribution in [0.2, 0.25) is 5.02 Å². The Kier molecular flexibility index (Phi) is 6.08. The summed E-state index contributed by atoms with van der Waals surface area (Å²) < 4.78 is 4.96. The maximum atomic E-state index is 12.1. The van der Waals surface area contributed by atoms with Gasteiger partial charge < -0.3 is 15.0 Å². The van der Waals surface area contributed by atoms with Gasteiger partial charge in [0.15, 0.2) is 6.61 Å². The SMILES string of the molecule is O=C(COC(=O)c1ccc(N2CCCC2=O)cc1)Nc1ccc(Cl)c([N+](=O)[O-])c1. The van der Waals surface area contributed by atoms with Crippen LogP contribution >= 0.6 is 11.6 Å². The molecule has 0 aliphatic carbocycles. The van der Waals surface area contributed by atoms with E-state index in [1.54, 1.807) is 17.0 Å². The molecule has 1 aliphatic heterocycles. The van der Waals surface area contributed by atoms with Gasteiger partial charge in [-0.1, -0.05) is 11.6 Å². The number of carbonyl (C=O) groups is 3. The molecular formula is C19H16ClN3O6. The normalized spacial score (nSPS) is 13.3. The van der Waals surface area contributed by atoms with Gasteiger partial charge in [-0.2, -0.15) is 0 Å². The number of esters is 1. The van der Waals surface area contributed by atoms with Crippen LogP contribution in [0.1, 0.15) is 23.2 Å². The molecule has 0 saturated carbocycles. The summed E-state index contributed by atoms with van der Waals surface area (Å²) in [6, 6.07) is 10.1. The van der Waals surface area contributed by atoms with Crippen molar-refractivity contribution in [1.82, 2.24) is 0 Å². The first kappa shape index (κ1) is 20.3. The number of anilines is 2. The lowest BCUT2D eigenvalue weighted by Crippen LogP contribution is -2.23. The summed E-state index contributed by atoms with van der Waals surface area (Å²) >= 11 is 5.71. The summed E-state index contributed by atoms with van der Waals surface area (Å²) in [6.07, 6.45) is 1.31. The van der Waals surface area contributed by atoms with Crippen molar-refractivity contribution in [3.63, 3.8) is 0 Å². The molecule has 0 aromatic heterocycles. The van der Waals surface area contributed by atoms with Gasteiger partial charge >= 0.3 is 5.97 Å². The smallest absolute Gasteiger partial charge is 0.338 e. The number of hydrogen-bond acceptors (Lipinski definition) is 6. The summed E-state index contributed by atoms with van der Waals surface area (Å²) in [4.78, 5) is 47.6. The molecule has 0 unspecified atom stereocenters. The first-order valence-electron chi connectivity index (χ1n) is 8.66. The quantitative estimate of drug-likeness (QED) is 0.438. The standard InChI is InChI=1S/C19H16ClN3O6/c20-15-8-5-13(10-16(15)23(27)28)21-17(24)11-29-19(26)12-3-6-14(7-4-12)22-9-1-2-18(22)25/h3-8,10H,1-2,9,11H2,(H,21,24). The van der Waals surface area contributed by atoms with E-state index in [1.165, 1.54) is 24.3 Å². The minimum absolute atomic E-state index is 0.0411. The van der Waals surface area contributed by atoms with Gasteiger partial charge in [0, 0.05) is 30.4 Å². The maximum absolute atomic E-state index is 12.1. The lowest BCUT2D eigenvalue weighted by molar-refractivity contribution is -0.384. The van der Waals surface area contributed by atoms with Crippen LogP contribution in [0, 0.1) is 10.1 Å². The number of nitrogens with zero attached hydrogens (tertiary/aromatic N) is 2. The van der Waals surface area contributed by atoms with Crippen LogP contribution in [0.4, 0.5) is 17.1 Å². The number of carbonyl (C=O) groups excluding carboxylic acids is 3. The van der Waals surface area contributed by atoms with Crippen LogP contribution in [-0.2, 0) is 14.3 Å². The molecule has 10 heteroatoms. The molecule has 2 amide bonds. The Morgan fingerprint density at radius 2 is 1.93 bits per heavy atom. The van der Waals surface area contributed by atoms with Crippen molar-refractivity contribution in [2.24, 2.45) is 0 Å². The van der Waals surface area contributed by atoms with E-state index in [9.17, 15) is 24.5 Å². The number of hydrogen-bond donors (Lipinski definition) is 1. The number of ether oxygens (including phenoxy) is 1.